The van der Waals surface area contributed by atoms with E-state index in [1.807, 2.05) is 6.92 Å². The Hall–Kier alpha value is -0.230. The van der Waals surface area contributed by atoms with E-state index in [-0.39, 0.29) is 5.76 Å². The predicted molar refractivity (Wildman–Crippen MR) is 67.7 cm³/mol. The van der Waals surface area contributed by atoms with E-state index >= 15 is 0 Å². The lowest BCUT2D eigenvalue weighted by atomic mass is 10.1. The summed E-state index contributed by atoms with van der Waals surface area (Å²) in [6.07, 6.45) is 0. The number of nitrogen functional groups attached to an aromatic ring is 1. The van der Waals surface area contributed by atoms with E-state index < -0.39 is 0 Å². The first-order valence-corrected chi connectivity index (χ1v) is 5.44. The average molecular weight is 354 g/mol. The molecule has 13 heavy (non-hydrogen) atoms. The minimum atomic E-state index is 0.00557. The molecule has 3 N–H and O–H groups in total. The molecule has 0 amide bonds. The lowest BCUT2D eigenvalue weighted by molar-refractivity contribution is 0.514. The topological polar surface area (TPSA) is 46.2 Å². The molecular weight excluding hydrogens is 345 g/mol. The molecule has 0 unspecified atom stereocenters. The van der Waals surface area contributed by atoms with Crippen LogP contribution in [-0.4, -0.2) is 5.11 Å². The van der Waals surface area contributed by atoms with Gasteiger partial charge in [0.2, 0.25) is 0 Å². The smallest absolute Gasteiger partial charge is 0.117 e. The highest BCUT2D eigenvalue weighted by molar-refractivity contribution is 14.1. The molecule has 1 aromatic rings. The van der Waals surface area contributed by atoms with Gasteiger partial charge in [0, 0.05) is 19.3 Å². The number of hydrogen-bond donors (Lipinski definition) is 2. The number of benzene rings is 1. The van der Waals surface area contributed by atoms with Gasteiger partial charge < -0.3 is 10.8 Å². The first kappa shape index (κ1) is 10.8. The van der Waals surface area contributed by atoms with Gasteiger partial charge in [-0.15, -0.1) is 0 Å². The lowest BCUT2D eigenvalue weighted by Gasteiger charge is -2.10. The zero-order valence-electron chi connectivity index (χ0n) is 7.06. The molecule has 0 heterocycles. The highest BCUT2D eigenvalue weighted by Gasteiger charge is 2.11. The van der Waals surface area contributed by atoms with Crippen molar-refractivity contribution in [1.82, 2.24) is 0 Å². The maximum absolute atomic E-state index is 9.25. The van der Waals surface area contributed by atoms with Crippen LogP contribution in [0.2, 0.25) is 0 Å². The molecule has 2 nitrogen and oxygen atoms in total. The highest BCUT2D eigenvalue weighted by Crippen LogP contribution is 2.32. The van der Waals surface area contributed by atoms with Crippen LogP contribution in [0.3, 0.4) is 0 Å². The Kier molecular flexibility index (Phi) is 3.23. The Morgan fingerprint density at radius 1 is 1.69 bits per heavy atom. The summed E-state index contributed by atoms with van der Waals surface area (Å²) in [6.45, 7) is 5.35. The molecule has 0 saturated carbocycles. The van der Waals surface area contributed by atoms with E-state index in [4.69, 9.17) is 5.73 Å². The Morgan fingerprint density at radius 2 is 2.23 bits per heavy atom. The zero-order chi connectivity index (χ0) is 10.2. The third kappa shape index (κ3) is 1.99. The Morgan fingerprint density at radius 3 is 2.69 bits per heavy atom. The maximum atomic E-state index is 9.25. The number of halogens is 2. The quantitative estimate of drug-likeness (QED) is 0.461. The number of rotatable bonds is 1. The van der Waals surface area contributed by atoms with Crippen molar-refractivity contribution in [2.75, 3.05) is 5.73 Å². The Balaban J connectivity index is 3.50. The number of anilines is 1. The van der Waals surface area contributed by atoms with Gasteiger partial charge in [-0.3, -0.25) is 0 Å². The molecule has 0 bridgehead atoms. The first-order chi connectivity index (χ1) is 5.95. The maximum Gasteiger partial charge on any atom is 0.117 e. The van der Waals surface area contributed by atoms with E-state index in [9.17, 15) is 5.11 Å². The van der Waals surface area contributed by atoms with Crippen molar-refractivity contribution >= 4 is 50.0 Å². The molecule has 1 aromatic carbocycles. The van der Waals surface area contributed by atoms with Crippen LogP contribution in [0.25, 0.3) is 5.76 Å². The third-order valence-corrected chi connectivity index (χ3v) is 4.43. The average Bonchev–Trinajstić information content (AvgIpc) is 2.07. The van der Waals surface area contributed by atoms with Crippen LogP contribution < -0.4 is 5.73 Å². The van der Waals surface area contributed by atoms with Crippen LogP contribution in [-0.2, 0) is 0 Å². The fourth-order valence-electron chi connectivity index (χ4n) is 1.01. The highest BCUT2D eigenvalue weighted by atomic mass is 127. The lowest BCUT2D eigenvalue weighted by Crippen LogP contribution is -1.98. The van der Waals surface area contributed by atoms with Gasteiger partial charge in [-0.25, -0.2) is 0 Å². The minimum Gasteiger partial charge on any atom is -0.508 e. The molecular formula is C9H9BrINO. The van der Waals surface area contributed by atoms with Crippen LogP contribution in [0.4, 0.5) is 5.69 Å². The summed E-state index contributed by atoms with van der Waals surface area (Å²) in [5.41, 5.74) is 7.90. The van der Waals surface area contributed by atoms with Crippen LogP contribution in [0.15, 0.2) is 17.1 Å². The molecule has 0 saturated heterocycles. The van der Waals surface area contributed by atoms with Crippen molar-refractivity contribution in [3.8, 4) is 0 Å². The van der Waals surface area contributed by atoms with Gasteiger partial charge in [0.25, 0.3) is 0 Å². The van der Waals surface area contributed by atoms with Gasteiger partial charge in [0.1, 0.15) is 5.76 Å². The van der Waals surface area contributed by atoms with E-state index in [1.54, 1.807) is 6.07 Å². The molecule has 0 fully saturated rings. The summed E-state index contributed by atoms with van der Waals surface area (Å²) in [5.74, 6) is 0.00557. The molecule has 4 heteroatoms. The number of aliphatic hydroxyl groups is 1. The van der Waals surface area contributed by atoms with Crippen molar-refractivity contribution in [3.63, 3.8) is 0 Å². The molecule has 0 atom stereocenters. The van der Waals surface area contributed by atoms with Crippen LogP contribution in [0.1, 0.15) is 11.1 Å². The predicted octanol–water partition coefficient (Wildman–Crippen LogP) is 3.47. The van der Waals surface area contributed by atoms with Crippen molar-refractivity contribution in [2.45, 2.75) is 6.92 Å². The standard InChI is InChI=1S/C9H9BrINO/c1-4-8(10)7(11)3-6(5(2)13)9(4)12/h3,13H,2,12H2,1H3. The van der Waals surface area contributed by atoms with Crippen molar-refractivity contribution in [3.05, 3.63) is 31.8 Å². The van der Waals surface area contributed by atoms with Gasteiger partial charge >= 0.3 is 0 Å². The van der Waals surface area contributed by atoms with Gasteiger partial charge in [-0.05, 0) is 57.1 Å². The minimum absolute atomic E-state index is 0.00557. The molecule has 0 spiro atoms. The van der Waals surface area contributed by atoms with E-state index in [0.717, 1.165) is 13.6 Å². The van der Waals surface area contributed by atoms with Gasteiger partial charge in [-0.2, -0.15) is 0 Å². The Labute approximate surface area is 99.1 Å². The number of aliphatic hydroxyl groups excluding tert-OH is 1. The fraction of sp³-hybridized carbons (Fsp3) is 0.111. The van der Waals surface area contributed by atoms with Gasteiger partial charge in [0.15, 0.2) is 0 Å². The number of hydrogen-bond acceptors (Lipinski definition) is 2. The summed E-state index contributed by atoms with van der Waals surface area (Å²) < 4.78 is 1.98. The summed E-state index contributed by atoms with van der Waals surface area (Å²) in [6, 6.07) is 1.80. The SMILES string of the molecule is C=C(O)c1cc(I)c(Br)c(C)c1N. The summed E-state index contributed by atoms with van der Waals surface area (Å²) in [4.78, 5) is 0. The van der Waals surface area contributed by atoms with E-state index in [1.165, 1.54) is 0 Å². The zero-order valence-corrected chi connectivity index (χ0v) is 10.8. The second-order valence-electron chi connectivity index (χ2n) is 2.71. The number of nitrogens with two attached hydrogens (primary N) is 1. The second kappa shape index (κ2) is 3.88. The first-order valence-electron chi connectivity index (χ1n) is 3.57. The van der Waals surface area contributed by atoms with E-state index in [2.05, 4.69) is 45.1 Å². The second-order valence-corrected chi connectivity index (χ2v) is 4.66. The van der Waals surface area contributed by atoms with Crippen molar-refractivity contribution in [1.29, 1.82) is 0 Å². The largest absolute Gasteiger partial charge is 0.508 e. The van der Waals surface area contributed by atoms with Crippen LogP contribution in [0.5, 0.6) is 0 Å². The molecule has 0 aromatic heterocycles. The van der Waals surface area contributed by atoms with E-state index in [0.29, 0.717) is 11.3 Å². The van der Waals surface area contributed by atoms with Crippen LogP contribution >= 0.6 is 38.5 Å². The molecule has 1 rings (SSSR count). The third-order valence-electron chi connectivity index (χ3n) is 1.82. The Bertz CT molecular complexity index is 376. The normalized spacial score (nSPS) is 10.1. The monoisotopic (exact) mass is 353 g/mol. The summed E-state index contributed by atoms with van der Waals surface area (Å²) in [7, 11) is 0. The summed E-state index contributed by atoms with van der Waals surface area (Å²) in [5, 5.41) is 9.25. The fourth-order valence-corrected chi connectivity index (χ4v) is 2.05. The van der Waals surface area contributed by atoms with Gasteiger partial charge in [0.05, 0.1) is 0 Å². The van der Waals surface area contributed by atoms with Crippen LogP contribution in [0, 0.1) is 10.5 Å². The molecule has 0 aliphatic carbocycles. The summed E-state index contributed by atoms with van der Waals surface area (Å²) >= 11 is 5.59. The molecule has 0 aliphatic heterocycles. The molecule has 70 valence electrons. The molecule has 0 radical (unpaired) electrons. The van der Waals surface area contributed by atoms with Crippen molar-refractivity contribution in [2.24, 2.45) is 0 Å². The van der Waals surface area contributed by atoms with Crippen molar-refractivity contribution < 1.29 is 5.11 Å². The van der Waals surface area contributed by atoms with Gasteiger partial charge in [-0.1, -0.05) is 6.58 Å². The molecule has 0 aliphatic rings.